The second-order valence-corrected chi connectivity index (χ2v) is 7.14. The molecule has 2 fully saturated rings. The van der Waals surface area contributed by atoms with E-state index < -0.39 is 0 Å². The van der Waals surface area contributed by atoms with Gasteiger partial charge in [0.2, 0.25) is 0 Å². The molecule has 132 valence electrons. The van der Waals surface area contributed by atoms with Crippen molar-refractivity contribution in [3.63, 3.8) is 0 Å². The first kappa shape index (κ1) is 16.3. The minimum Gasteiger partial charge on any atom is -0.373 e. The van der Waals surface area contributed by atoms with E-state index in [4.69, 9.17) is 0 Å². The summed E-state index contributed by atoms with van der Waals surface area (Å²) >= 11 is 0. The highest BCUT2D eigenvalue weighted by Crippen LogP contribution is 2.32. The molecule has 3 aliphatic rings. The molecule has 0 spiro atoms. The van der Waals surface area contributed by atoms with Crippen molar-refractivity contribution in [3.05, 3.63) is 46.9 Å². The van der Waals surface area contributed by atoms with Gasteiger partial charge in [-0.25, -0.2) is 4.39 Å². The Balaban J connectivity index is 1.42. The molecule has 25 heavy (non-hydrogen) atoms. The number of piperidine rings is 1. The molecule has 4 rings (SSSR count). The van der Waals surface area contributed by atoms with Gasteiger partial charge in [0.1, 0.15) is 5.82 Å². The molecule has 0 aromatic heterocycles. The Morgan fingerprint density at radius 3 is 2.52 bits per heavy atom. The van der Waals surface area contributed by atoms with Gasteiger partial charge in [-0.2, -0.15) is 0 Å². The van der Waals surface area contributed by atoms with Crippen molar-refractivity contribution in [1.82, 2.24) is 9.80 Å². The molecule has 0 aliphatic carbocycles. The lowest BCUT2D eigenvalue weighted by Crippen LogP contribution is -2.33. The molecule has 5 heteroatoms. The SMILES string of the molecule is O=C(c1ccc(C2CCN(C3=CC=NC3)CC2)c(F)c1)N1CCCC1. The molecule has 1 aromatic carbocycles. The third-order valence-electron chi connectivity index (χ3n) is 5.61. The number of allylic oxidation sites excluding steroid dienone is 1. The van der Waals surface area contributed by atoms with Gasteiger partial charge in [-0.1, -0.05) is 6.07 Å². The number of hydrogen-bond acceptors (Lipinski definition) is 3. The Labute approximate surface area is 148 Å². The van der Waals surface area contributed by atoms with Crippen molar-refractivity contribution in [2.24, 2.45) is 4.99 Å². The lowest BCUT2D eigenvalue weighted by molar-refractivity contribution is 0.0792. The lowest BCUT2D eigenvalue weighted by atomic mass is 9.88. The van der Waals surface area contributed by atoms with Crippen LogP contribution in [0.25, 0.3) is 0 Å². The van der Waals surface area contributed by atoms with Gasteiger partial charge in [0.05, 0.1) is 6.54 Å². The number of aliphatic imine (C=N–C) groups is 1. The topological polar surface area (TPSA) is 35.9 Å². The number of carbonyl (C=O) groups is 1. The van der Waals surface area contributed by atoms with Crippen LogP contribution in [0.2, 0.25) is 0 Å². The number of carbonyl (C=O) groups excluding carboxylic acids is 1. The number of nitrogens with zero attached hydrogens (tertiary/aromatic N) is 3. The number of rotatable bonds is 3. The van der Waals surface area contributed by atoms with Crippen molar-refractivity contribution < 1.29 is 9.18 Å². The second kappa shape index (κ2) is 6.98. The molecule has 3 heterocycles. The maximum Gasteiger partial charge on any atom is 0.253 e. The fourth-order valence-corrected chi connectivity index (χ4v) is 4.11. The molecule has 0 N–H and O–H groups in total. The minimum atomic E-state index is -0.230. The molecule has 1 amide bonds. The van der Waals surface area contributed by atoms with Crippen molar-refractivity contribution in [2.45, 2.75) is 31.6 Å². The van der Waals surface area contributed by atoms with Gasteiger partial charge in [-0.05, 0) is 55.4 Å². The molecule has 0 saturated carbocycles. The number of amides is 1. The van der Waals surface area contributed by atoms with Gasteiger partial charge < -0.3 is 9.80 Å². The molecule has 1 aromatic rings. The summed E-state index contributed by atoms with van der Waals surface area (Å²) in [5.74, 6) is -0.0343. The smallest absolute Gasteiger partial charge is 0.253 e. The van der Waals surface area contributed by atoms with E-state index in [0.29, 0.717) is 5.56 Å². The molecule has 4 nitrogen and oxygen atoms in total. The Hall–Kier alpha value is -2.17. The minimum absolute atomic E-state index is 0.0362. The highest BCUT2D eigenvalue weighted by molar-refractivity contribution is 5.94. The fraction of sp³-hybridized carbons (Fsp3) is 0.500. The van der Waals surface area contributed by atoms with Gasteiger partial charge >= 0.3 is 0 Å². The van der Waals surface area contributed by atoms with E-state index in [9.17, 15) is 9.18 Å². The summed E-state index contributed by atoms with van der Waals surface area (Å²) in [6.07, 6.45) is 7.90. The zero-order valence-electron chi connectivity index (χ0n) is 14.5. The van der Waals surface area contributed by atoms with E-state index in [2.05, 4.69) is 16.0 Å². The van der Waals surface area contributed by atoms with E-state index in [1.165, 1.54) is 11.8 Å². The largest absolute Gasteiger partial charge is 0.373 e. The first-order valence-electron chi connectivity index (χ1n) is 9.25. The van der Waals surface area contributed by atoms with Crippen LogP contribution in [-0.4, -0.2) is 54.6 Å². The molecule has 0 radical (unpaired) electrons. The maximum absolute atomic E-state index is 14.7. The van der Waals surface area contributed by atoms with Crippen molar-refractivity contribution in [2.75, 3.05) is 32.7 Å². The van der Waals surface area contributed by atoms with Crippen LogP contribution in [0.15, 0.2) is 35.0 Å². The summed E-state index contributed by atoms with van der Waals surface area (Å²) in [5, 5.41) is 0. The Morgan fingerprint density at radius 1 is 1.12 bits per heavy atom. The van der Waals surface area contributed by atoms with Gasteiger partial charge in [0.15, 0.2) is 0 Å². The Morgan fingerprint density at radius 2 is 1.88 bits per heavy atom. The summed E-state index contributed by atoms with van der Waals surface area (Å²) in [7, 11) is 0. The summed E-state index contributed by atoms with van der Waals surface area (Å²) in [5.41, 5.74) is 2.51. The number of likely N-dealkylation sites (tertiary alicyclic amines) is 2. The summed E-state index contributed by atoms with van der Waals surface area (Å²) < 4.78 is 14.7. The zero-order valence-corrected chi connectivity index (χ0v) is 14.5. The monoisotopic (exact) mass is 341 g/mol. The molecular formula is C20H24FN3O. The zero-order chi connectivity index (χ0) is 17.2. The van der Waals surface area contributed by atoms with Crippen LogP contribution in [0.5, 0.6) is 0 Å². The van der Waals surface area contributed by atoms with E-state index in [1.54, 1.807) is 6.07 Å². The third kappa shape index (κ3) is 3.32. The quantitative estimate of drug-likeness (QED) is 0.846. The van der Waals surface area contributed by atoms with Gasteiger partial charge in [-0.3, -0.25) is 9.79 Å². The summed E-state index contributed by atoms with van der Waals surface area (Å²) in [6.45, 7) is 4.23. The number of hydrogen-bond donors (Lipinski definition) is 0. The summed E-state index contributed by atoms with van der Waals surface area (Å²) in [6, 6.07) is 5.07. The normalized spacial score (nSPS) is 21.1. The average molecular weight is 341 g/mol. The predicted octanol–water partition coefficient (Wildman–Crippen LogP) is 3.21. The van der Waals surface area contributed by atoms with Gasteiger partial charge in [0.25, 0.3) is 5.91 Å². The van der Waals surface area contributed by atoms with E-state index in [-0.39, 0.29) is 17.6 Å². The van der Waals surface area contributed by atoms with Crippen LogP contribution in [-0.2, 0) is 0 Å². The lowest BCUT2D eigenvalue weighted by Gasteiger charge is -2.34. The summed E-state index contributed by atoms with van der Waals surface area (Å²) in [4.78, 5) is 20.8. The van der Waals surface area contributed by atoms with Crippen LogP contribution < -0.4 is 0 Å². The Bertz CT molecular complexity index is 714. The van der Waals surface area contributed by atoms with Crippen molar-refractivity contribution in [1.29, 1.82) is 0 Å². The first-order chi connectivity index (χ1) is 12.2. The highest BCUT2D eigenvalue weighted by atomic mass is 19.1. The first-order valence-corrected chi connectivity index (χ1v) is 9.25. The van der Waals surface area contributed by atoms with Crippen molar-refractivity contribution in [3.8, 4) is 0 Å². The van der Waals surface area contributed by atoms with Crippen LogP contribution in [0.1, 0.15) is 47.5 Å². The van der Waals surface area contributed by atoms with Gasteiger partial charge in [-0.15, -0.1) is 0 Å². The van der Waals surface area contributed by atoms with Crippen LogP contribution >= 0.6 is 0 Å². The van der Waals surface area contributed by atoms with E-state index in [1.807, 2.05) is 17.2 Å². The average Bonchev–Trinajstić information content (AvgIpc) is 3.35. The standard InChI is InChI=1S/C20H24FN3O/c21-19-13-16(20(25)24-9-1-2-10-24)3-4-18(19)15-6-11-23(12-7-15)17-5-8-22-14-17/h3-5,8,13,15H,1-2,6-7,9-12,14H2. The molecule has 3 aliphatic heterocycles. The van der Waals surface area contributed by atoms with E-state index >= 15 is 0 Å². The molecule has 0 bridgehead atoms. The molecule has 0 atom stereocenters. The molecule has 2 saturated heterocycles. The molecular weight excluding hydrogens is 317 g/mol. The highest BCUT2D eigenvalue weighted by Gasteiger charge is 2.26. The maximum atomic E-state index is 14.7. The third-order valence-corrected chi connectivity index (χ3v) is 5.61. The van der Waals surface area contributed by atoms with E-state index in [0.717, 1.165) is 64.0 Å². The predicted molar refractivity (Wildman–Crippen MR) is 96.5 cm³/mol. The molecule has 0 unspecified atom stereocenters. The van der Waals surface area contributed by atoms with Crippen molar-refractivity contribution >= 4 is 12.1 Å². The Kier molecular flexibility index (Phi) is 4.55. The van der Waals surface area contributed by atoms with Crippen LogP contribution in [0.4, 0.5) is 4.39 Å². The van der Waals surface area contributed by atoms with Crippen LogP contribution in [0.3, 0.4) is 0 Å². The number of halogens is 1. The van der Waals surface area contributed by atoms with Gasteiger partial charge in [0, 0.05) is 43.7 Å². The second-order valence-electron chi connectivity index (χ2n) is 7.14. The fourth-order valence-electron chi connectivity index (χ4n) is 4.11. The number of benzene rings is 1. The van der Waals surface area contributed by atoms with Crippen LogP contribution in [0, 0.1) is 5.82 Å².